The molecule has 1 N–H and O–H groups in total. The minimum absolute atomic E-state index is 0.0118. The molecule has 36 heavy (non-hydrogen) atoms. The van der Waals surface area contributed by atoms with Crippen LogP contribution in [0.3, 0.4) is 0 Å². The molecule has 0 spiro atoms. The van der Waals surface area contributed by atoms with E-state index < -0.39 is 21.2 Å². The first-order chi connectivity index (χ1) is 17.3. The number of benzene rings is 1. The number of nitrogens with zero attached hydrogens (tertiary/aromatic N) is 5. The maximum absolute atomic E-state index is 13.5. The summed E-state index contributed by atoms with van der Waals surface area (Å²) in [7, 11) is -0.919. The zero-order chi connectivity index (χ0) is 25.9. The summed E-state index contributed by atoms with van der Waals surface area (Å²) < 4.78 is 53.3. The summed E-state index contributed by atoms with van der Waals surface area (Å²) >= 11 is 0. The van der Waals surface area contributed by atoms with Crippen molar-refractivity contribution in [2.75, 3.05) is 38.9 Å². The molecule has 0 aliphatic carbocycles. The standard InChI is InChI=1S/C23H30N6O6S/c1-14-9-24-21(25-10-14)15(2)16(3)36(30,31)28-23-27-26-22(17-11-34-13-35-12-17)29(23)20-18(32-4)7-6-8-19(20)33-5/h6-10,15-17H,11-13H2,1-5H3,(H,27,28). The van der Waals surface area contributed by atoms with Gasteiger partial charge in [-0.2, -0.15) is 0 Å². The van der Waals surface area contributed by atoms with E-state index in [2.05, 4.69) is 24.9 Å². The highest BCUT2D eigenvalue weighted by Crippen LogP contribution is 2.37. The van der Waals surface area contributed by atoms with Crippen LogP contribution in [0.4, 0.5) is 5.95 Å². The van der Waals surface area contributed by atoms with E-state index in [0.717, 1.165) is 5.56 Å². The normalized spacial score (nSPS) is 16.4. The topological polar surface area (TPSA) is 140 Å². The van der Waals surface area contributed by atoms with Gasteiger partial charge in [-0.15, -0.1) is 10.2 Å². The molecule has 12 nitrogen and oxygen atoms in total. The Bertz CT molecular complexity index is 1270. The number of ether oxygens (including phenoxy) is 4. The van der Waals surface area contributed by atoms with E-state index in [-0.39, 0.29) is 18.7 Å². The van der Waals surface area contributed by atoms with Gasteiger partial charge in [0.1, 0.15) is 35.6 Å². The Hall–Kier alpha value is -3.29. The van der Waals surface area contributed by atoms with Crippen LogP contribution in [0.25, 0.3) is 5.69 Å². The summed E-state index contributed by atoms with van der Waals surface area (Å²) in [6.45, 7) is 6.09. The molecule has 3 heterocycles. The van der Waals surface area contributed by atoms with Crippen molar-refractivity contribution in [1.29, 1.82) is 0 Å². The Morgan fingerprint density at radius 3 is 2.25 bits per heavy atom. The van der Waals surface area contributed by atoms with Crippen LogP contribution in [-0.4, -0.2) is 72.6 Å². The molecule has 0 amide bonds. The number of aromatic nitrogens is 5. The molecule has 4 rings (SSSR count). The maximum atomic E-state index is 13.5. The van der Waals surface area contributed by atoms with Gasteiger partial charge in [-0.25, -0.2) is 18.4 Å². The second kappa shape index (κ2) is 10.8. The number of methoxy groups -OCH3 is 2. The summed E-state index contributed by atoms with van der Waals surface area (Å²) in [6, 6.07) is 5.26. The summed E-state index contributed by atoms with van der Waals surface area (Å²) in [6.07, 6.45) is 3.33. The maximum Gasteiger partial charge on any atom is 0.243 e. The van der Waals surface area contributed by atoms with Crippen LogP contribution >= 0.6 is 0 Å². The molecule has 0 saturated carbocycles. The number of sulfonamides is 1. The van der Waals surface area contributed by atoms with E-state index in [0.29, 0.717) is 42.0 Å². The van der Waals surface area contributed by atoms with Crippen molar-refractivity contribution < 1.29 is 27.4 Å². The number of anilines is 1. The van der Waals surface area contributed by atoms with Crippen LogP contribution in [0.1, 0.15) is 42.9 Å². The third-order valence-corrected chi connectivity index (χ3v) is 7.97. The second-order valence-electron chi connectivity index (χ2n) is 8.54. The highest BCUT2D eigenvalue weighted by molar-refractivity contribution is 7.93. The minimum atomic E-state index is -3.96. The van der Waals surface area contributed by atoms with Gasteiger partial charge < -0.3 is 18.9 Å². The van der Waals surface area contributed by atoms with Crippen molar-refractivity contribution in [3.8, 4) is 17.2 Å². The van der Waals surface area contributed by atoms with Gasteiger partial charge in [0, 0.05) is 18.3 Å². The summed E-state index contributed by atoms with van der Waals surface area (Å²) in [5.74, 6) is 0.978. The molecule has 1 aliphatic heterocycles. The average Bonchev–Trinajstić information content (AvgIpc) is 3.30. The first kappa shape index (κ1) is 25.8. The van der Waals surface area contributed by atoms with E-state index >= 15 is 0 Å². The SMILES string of the molecule is COc1cccc(OC)c1-n1c(NS(=O)(=O)C(C)C(C)c2ncc(C)cn2)nnc1C1COCOC1. The Morgan fingerprint density at radius 2 is 1.67 bits per heavy atom. The monoisotopic (exact) mass is 518 g/mol. The molecule has 194 valence electrons. The number of rotatable bonds is 9. The van der Waals surface area contributed by atoms with Gasteiger partial charge >= 0.3 is 0 Å². The first-order valence-electron chi connectivity index (χ1n) is 11.4. The van der Waals surface area contributed by atoms with E-state index in [9.17, 15) is 8.42 Å². The molecular weight excluding hydrogens is 488 g/mol. The number of hydrogen-bond acceptors (Lipinski definition) is 10. The van der Waals surface area contributed by atoms with Crippen LogP contribution in [0.15, 0.2) is 30.6 Å². The molecule has 2 aromatic heterocycles. The van der Waals surface area contributed by atoms with Crippen LogP contribution < -0.4 is 14.2 Å². The lowest BCUT2D eigenvalue weighted by atomic mass is 10.1. The predicted octanol–water partition coefficient (Wildman–Crippen LogP) is 2.40. The molecule has 1 aromatic carbocycles. The lowest BCUT2D eigenvalue weighted by Gasteiger charge is -2.24. The first-order valence-corrected chi connectivity index (χ1v) is 12.9. The molecule has 13 heteroatoms. The summed E-state index contributed by atoms with van der Waals surface area (Å²) in [5.41, 5.74) is 1.34. The molecule has 1 aliphatic rings. The van der Waals surface area contributed by atoms with E-state index in [1.165, 1.54) is 14.2 Å². The van der Waals surface area contributed by atoms with E-state index in [1.807, 2.05) is 6.92 Å². The lowest BCUT2D eigenvalue weighted by Crippen LogP contribution is -2.32. The second-order valence-corrected chi connectivity index (χ2v) is 10.6. The van der Waals surface area contributed by atoms with Crippen LogP contribution in [-0.2, 0) is 19.5 Å². The number of nitrogens with one attached hydrogen (secondary N) is 1. The number of aryl methyl sites for hydroxylation is 1. The van der Waals surface area contributed by atoms with E-state index in [4.69, 9.17) is 18.9 Å². The van der Waals surface area contributed by atoms with Crippen molar-refractivity contribution in [2.24, 2.45) is 0 Å². The zero-order valence-electron chi connectivity index (χ0n) is 20.8. The summed E-state index contributed by atoms with van der Waals surface area (Å²) in [5, 5.41) is 7.63. The quantitative estimate of drug-likeness (QED) is 0.449. The van der Waals surface area contributed by atoms with Gasteiger partial charge in [0.15, 0.2) is 0 Å². The van der Waals surface area contributed by atoms with Crippen LogP contribution in [0.5, 0.6) is 11.5 Å². The predicted molar refractivity (Wildman–Crippen MR) is 131 cm³/mol. The van der Waals surface area contributed by atoms with E-state index in [1.54, 1.807) is 49.0 Å². The zero-order valence-corrected chi connectivity index (χ0v) is 21.7. The largest absolute Gasteiger partial charge is 0.494 e. The molecule has 1 saturated heterocycles. The van der Waals surface area contributed by atoms with Crippen molar-refractivity contribution in [3.05, 3.63) is 47.8 Å². The highest BCUT2D eigenvalue weighted by atomic mass is 32.2. The molecule has 1 fully saturated rings. The van der Waals surface area contributed by atoms with Gasteiger partial charge in [0.25, 0.3) is 0 Å². The Morgan fingerprint density at radius 1 is 1.06 bits per heavy atom. The van der Waals surface area contributed by atoms with Gasteiger partial charge in [0.2, 0.25) is 16.0 Å². The molecule has 2 atom stereocenters. The summed E-state index contributed by atoms with van der Waals surface area (Å²) in [4.78, 5) is 8.60. The van der Waals surface area contributed by atoms with Crippen molar-refractivity contribution in [1.82, 2.24) is 24.7 Å². The fourth-order valence-corrected chi connectivity index (χ4v) is 5.10. The van der Waals surface area contributed by atoms with Gasteiger partial charge in [-0.1, -0.05) is 13.0 Å². The van der Waals surface area contributed by atoms with Crippen LogP contribution in [0.2, 0.25) is 0 Å². The molecule has 3 aromatic rings. The molecule has 0 bridgehead atoms. The smallest absolute Gasteiger partial charge is 0.243 e. The average molecular weight is 519 g/mol. The van der Waals surface area contributed by atoms with Crippen molar-refractivity contribution in [2.45, 2.75) is 37.9 Å². The Labute approximate surface area is 210 Å². The third kappa shape index (κ3) is 5.13. The van der Waals surface area contributed by atoms with Gasteiger partial charge in [0.05, 0.1) is 38.6 Å². The molecule has 0 radical (unpaired) electrons. The van der Waals surface area contributed by atoms with Gasteiger partial charge in [-0.3, -0.25) is 9.29 Å². The van der Waals surface area contributed by atoms with Crippen molar-refractivity contribution in [3.63, 3.8) is 0 Å². The Kier molecular flexibility index (Phi) is 7.71. The van der Waals surface area contributed by atoms with Gasteiger partial charge in [-0.05, 0) is 31.5 Å². The van der Waals surface area contributed by atoms with Crippen molar-refractivity contribution >= 4 is 16.0 Å². The highest BCUT2D eigenvalue weighted by Gasteiger charge is 2.34. The molecular formula is C23H30N6O6S. The fraction of sp³-hybridized carbons (Fsp3) is 0.478. The minimum Gasteiger partial charge on any atom is -0.494 e. The fourth-order valence-electron chi connectivity index (χ4n) is 3.87. The number of hydrogen-bond donors (Lipinski definition) is 1. The number of para-hydroxylation sites is 1. The molecule has 2 unspecified atom stereocenters. The Balaban J connectivity index is 1.77. The third-order valence-electron chi connectivity index (χ3n) is 6.12. The lowest BCUT2D eigenvalue weighted by molar-refractivity contribution is -0.109. The van der Waals surface area contributed by atoms with Crippen LogP contribution in [0, 0.1) is 6.92 Å².